The quantitative estimate of drug-likeness (QED) is 0.859. The van der Waals surface area contributed by atoms with Gasteiger partial charge in [0.1, 0.15) is 17.1 Å². The van der Waals surface area contributed by atoms with E-state index in [1.807, 2.05) is 38.1 Å². The molecule has 1 aromatic heterocycles. The molecule has 0 aliphatic rings. The minimum atomic E-state index is -1.25. The molecule has 1 atom stereocenters. The summed E-state index contributed by atoms with van der Waals surface area (Å²) in [7, 11) is 1.60. The monoisotopic (exact) mass is 317 g/mol. The first kappa shape index (κ1) is 17.1. The van der Waals surface area contributed by atoms with Crippen LogP contribution in [0.2, 0.25) is 0 Å². The molecule has 1 unspecified atom stereocenters. The van der Waals surface area contributed by atoms with Crippen molar-refractivity contribution in [3.63, 3.8) is 0 Å². The molecule has 1 amide bonds. The van der Waals surface area contributed by atoms with Gasteiger partial charge < -0.3 is 19.6 Å². The molecule has 2 rings (SSSR count). The van der Waals surface area contributed by atoms with E-state index in [1.165, 1.54) is 6.26 Å². The van der Waals surface area contributed by atoms with Crippen molar-refractivity contribution >= 4 is 5.91 Å². The Labute approximate surface area is 136 Å². The van der Waals surface area contributed by atoms with Gasteiger partial charge in [0.2, 0.25) is 5.91 Å². The van der Waals surface area contributed by atoms with Crippen LogP contribution < -0.4 is 10.1 Å². The van der Waals surface area contributed by atoms with Crippen molar-refractivity contribution in [1.29, 1.82) is 0 Å². The second kappa shape index (κ2) is 6.46. The maximum Gasteiger partial charge on any atom is 0.230 e. The van der Waals surface area contributed by atoms with E-state index >= 15 is 0 Å². The van der Waals surface area contributed by atoms with Crippen LogP contribution in [0, 0.1) is 0 Å². The SMILES string of the molecule is COc1ccc(C(C)(C)C(=O)NCC(C)(O)c2ccco2)cc1. The Morgan fingerprint density at radius 1 is 1.22 bits per heavy atom. The Morgan fingerprint density at radius 3 is 2.39 bits per heavy atom. The lowest BCUT2D eigenvalue weighted by Crippen LogP contribution is -2.45. The molecule has 1 heterocycles. The molecule has 0 fully saturated rings. The Bertz CT molecular complexity index is 642. The first-order valence-electron chi connectivity index (χ1n) is 7.46. The summed E-state index contributed by atoms with van der Waals surface area (Å²) in [5.41, 5.74) is -1.12. The first-order valence-corrected chi connectivity index (χ1v) is 7.46. The van der Waals surface area contributed by atoms with E-state index in [9.17, 15) is 9.90 Å². The summed E-state index contributed by atoms with van der Waals surface area (Å²) in [6.07, 6.45) is 1.49. The van der Waals surface area contributed by atoms with Gasteiger partial charge in [0.05, 0.1) is 25.3 Å². The Morgan fingerprint density at radius 2 is 1.87 bits per heavy atom. The number of hydrogen-bond donors (Lipinski definition) is 2. The molecule has 0 spiro atoms. The lowest BCUT2D eigenvalue weighted by Gasteiger charge is -2.27. The summed E-state index contributed by atoms with van der Waals surface area (Å²) in [4.78, 5) is 12.6. The fraction of sp³-hybridized carbons (Fsp3) is 0.389. The van der Waals surface area contributed by atoms with Crippen LogP contribution in [0.3, 0.4) is 0 Å². The molecule has 2 aromatic rings. The third-order valence-corrected chi connectivity index (χ3v) is 4.02. The summed E-state index contributed by atoms with van der Waals surface area (Å²) in [6, 6.07) is 10.8. The summed E-state index contributed by atoms with van der Waals surface area (Å²) in [6.45, 7) is 5.35. The van der Waals surface area contributed by atoms with Gasteiger partial charge in [-0.25, -0.2) is 0 Å². The summed E-state index contributed by atoms with van der Waals surface area (Å²) in [5, 5.41) is 13.2. The summed E-state index contributed by atoms with van der Waals surface area (Å²) >= 11 is 0. The third kappa shape index (κ3) is 3.74. The molecule has 0 bridgehead atoms. The second-order valence-corrected chi connectivity index (χ2v) is 6.29. The standard InChI is InChI=1S/C18H23NO4/c1-17(2,13-7-9-14(22-4)10-8-13)16(20)19-12-18(3,21)15-6-5-11-23-15/h5-11,21H,12H2,1-4H3,(H,19,20). The van der Waals surface area contributed by atoms with Gasteiger partial charge in [-0.15, -0.1) is 0 Å². The van der Waals surface area contributed by atoms with Gasteiger partial charge >= 0.3 is 0 Å². The van der Waals surface area contributed by atoms with Crippen LogP contribution in [0.15, 0.2) is 47.1 Å². The maximum absolute atomic E-state index is 12.6. The van der Waals surface area contributed by atoms with Gasteiger partial charge in [-0.05, 0) is 50.6 Å². The highest BCUT2D eigenvalue weighted by atomic mass is 16.5. The zero-order valence-corrected chi connectivity index (χ0v) is 13.9. The molecule has 1 aromatic carbocycles. The lowest BCUT2D eigenvalue weighted by molar-refractivity contribution is -0.127. The van der Waals surface area contributed by atoms with Gasteiger partial charge in [-0.3, -0.25) is 4.79 Å². The smallest absolute Gasteiger partial charge is 0.230 e. The van der Waals surface area contributed by atoms with E-state index in [0.29, 0.717) is 5.76 Å². The largest absolute Gasteiger partial charge is 0.497 e. The molecule has 0 aliphatic carbocycles. The number of carbonyl (C=O) groups excluding carboxylic acids is 1. The van der Waals surface area contributed by atoms with Crippen molar-refractivity contribution in [3.05, 3.63) is 54.0 Å². The molecule has 0 saturated carbocycles. The number of nitrogens with one attached hydrogen (secondary N) is 1. The number of carbonyl (C=O) groups is 1. The number of aliphatic hydroxyl groups is 1. The van der Waals surface area contributed by atoms with Crippen LogP contribution in [-0.2, 0) is 15.8 Å². The normalized spacial score (nSPS) is 14.1. The van der Waals surface area contributed by atoms with E-state index in [2.05, 4.69) is 5.32 Å². The molecule has 23 heavy (non-hydrogen) atoms. The van der Waals surface area contributed by atoms with Crippen molar-refractivity contribution in [2.45, 2.75) is 31.8 Å². The van der Waals surface area contributed by atoms with Crippen LogP contribution >= 0.6 is 0 Å². The van der Waals surface area contributed by atoms with E-state index in [0.717, 1.165) is 11.3 Å². The third-order valence-electron chi connectivity index (χ3n) is 4.02. The molecule has 5 nitrogen and oxygen atoms in total. The molecule has 0 saturated heterocycles. The fourth-order valence-corrected chi connectivity index (χ4v) is 2.28. The van der Waals surface area contributed by atoms with Crippen LogP contribution in [0.1, 0.15) is 32.1 Å². The number of benzene rings is 1. The highest BCUT2D eigenvalue weighted by Crippen LogP contribution is 2.26. The van der Waals surface area contributed by atoms with Crippen LogP contribution in [0.4, 0.5) is 0 Å². The number of methoxy groups -OCH3 is 1. The van der Waals surface area contributed by atoms with Crippen molar-refractivity contribution < 1.29 is 19.1 Å². The van der Waals surface area contributed by atoms with Gasteiger partial charge in [0, 0.05) is 0 Å². The predicted molar refractivity (Wildman–Crippen MR) is 87.3 cm³/mol. The minimum absolute atomic E-state index is 0.0684. The Hall–Kier alpha value is -2.27. The fourth-order valence-electron chi connectivity index (χ4n) is 2.28. The second-order valence-electron chi connectivity index (χ2n) is 6.29. The van der Waals surface area contributed by atoms with Crippen LogP contribution in [-0.4, -0.2) is 24.7 Å². The number of amides is 1. The topological polar surface area (TPSA) is 71.7 Å². The molecule has 124 valence electrons. The van der Waals surface area contributed by atoms with Crippen molar-refractivity contribution in [3.8, 4) is 5.75 Å². The highest BCUT2D eigenvalue weighted by molar-refractivity contribution is 5.87. The molecule has 0 radical (unpaired) electrons. The minimum Gasteiger partial charge on any atom is -0.497 e. The zero-order chi connectivity index (χ0) is 17.1. The average molecular weight is 317 g/mol. The first-order chi connectivity index (χ1) is 10.8. The van der Waals surface area contributed by atoms with Crippen molar-refractivity contribution in [1.82, 2.24) is 5.32 Å². The lowest BCUT2D eigenvalue weighted by atomic mass is 9.83. The number of furan rings is 1. The van der Waals surface area contributed by atoms with Gasteiger partial charge in [-0.1, -0.05) is 12.1 Å². The Kier molecular flexibility index (Phi) is 4.80. The van der Waals surface area contributed by atoms with Gasteiger partial charge in [-0.2, -0.15) is 0 Å². The Balaban J connectivity index is 2.06. The van der Waals surface area contributed by atoms with E-state index in [4.69, 9.17) is 9.15 Å². The van der Waals surface area contributed by atoms with E-state index in [-0.39, 0.29) is 12.5 Å². The summed E-state index contributed by atoms with van der Waals surface area (Å²) < 4.78 is 10.3. The maximum atomic E-state index is 12.6. The summed E-state index contributed by atoms with van der Waals surface area (Å²) in [5.74, 6) is 0.986. The number of rotatable bonds is 6. The molecular formula is C18H23NO4. The van der Waals surface area contributed by atoms with E-state index in [1.54, 1.807) is 26.2 Å². The van der Waals surface area contributed by atoms with Crippen LogP contribution in [0.5, 0.6) is 5.75 Å². The van der Waals surface area contributed by atoms with Crippen LogP contribution in [0.25, 0.3) is 0 Å². The number of hydrogen-bond acceptors (Lipinski definition) is 4. The van der Waals surface area contributed by atoms with E-state index < -0.39 is 11.0 Å². The van der Waals surface area contributed by atoms with Crippen molar-refractivity contribution in [2.24, 2.45) is 0 Å². The molecule has 2 N–H and O–H groups in total. The molecule has 5 heteroatoms. The van der Waals surface area contributed by atoms with Gasteiger partial charge in [0.25, 0.3) is 0 Å². The molecule has 0 aliphatic heterocycles. The van der Waals surface area contributed by atoms with Crippen molar-refractivity contribution in [2.75, 3.05) is 13.7 Å². The average Bonchev–Trinajstić information content (AvgIpc) is 3.08. The highest BCUT2D eigenvalue weighted by Gasteiger charge is 2.33. The number of ether oxygens (including phenoxy) is 1. The zero-order valence-electron chi connectivity index (χ0n) is 13.9. The van der Waals surface area contributed by atoms with Gasteiger partial charge in [0.15, 0.2) is 0 Å². The molecular weight excluding hydrogens is 294 g/mol. The predicted octanol–water partition coefficient (Wildman–Crippen LogP) is 2.59.